The van der Waals surface area contributed by atoms with Crippen molar-refractivity contribution in [1.82, 2.24) is 5.43 Å². The number of nitrogens with zero attached hydrogens (tertiary/aromatic N) is 2. The number of furan rings is 1. The van der Waals surface area contributed by atoms with Crippen LogP contribution in [-0.4, -0.2) is 28.6 Å². The van der Waals surface area contributed by atoms with Crippen LogP contribution < -0.4 is 10.7 Å². The van der Waals surface area contributed by atoms with E-state index < -0.39 is 0 Å². The molecule has 3 rings (SSSR count). The molecule has 130 valence electrons. The summed E-state index contributed by atoms with van der Waals surface area (Å²) in [5.41, 5.74) is 5.11. The van der Waals surface area contributed by atoms with E-state index in [1.54, 1.807) is 23.9 Å². The van der Waals surface area contributed by atoms with Crippen molar-refractivity contribution >= 4 is 34.2 Å². The quantitative estimate of drug-likeness (QED) is 0.632. The van der Waals surface area contributed by atoms with E-state index in [9.17, 15) is 4.79 Å². The van der Waals surface area contributed by atoms with E-state index in [-0.39, 0.29) is 11.7 Å². The zero-order valence-corrected chi connectivity index (χ0v) is 15.0. The van der Waals surface area contributed by atoms with Crippen molar-refractivity contribution in [3.05, 3.63) is 54.0 Å². The van der Waals surface area contributed by atoms with E-state index in [0.29, 0.717) is 11.0 Å². The van der Waals surface area contributed by atoms with Gasteiger partial charge in [0.2, 0.25) is 0 Å². The maximum Gasteiger partial charge on any atom is 0.307 e. The molecule has 25 heavy (non-hydrogen) atoms. The minimum Gasteiger partial charge on any atom is -0.459 e. The molecule has 6 nitrogen and oxygen atoms in total. The van der Waals surface area contributed by atoms with Gasteiger partial charge >= 0.3 is 5.91 Å². The molecule has 1 atom stereocenters. The van der Waals surface area contributed by atoms with E-state index in [1.165, 1.54) is 6.26 Å². The lowest BCUT2D eigenvalue weighted by atomic mass is 10.1. The average Bonchev–Trinajstić information content (AvgIpc) is 3.32. The van der Waals surface area contributed by atoms with E-state index in [4.69, 9.17) is 4.42 Å². The highest BCUT2D eigenvalue weighted by molar-refractivity contribution is 8.15. The molecular formula is C18H20N4O2S. The topological polar surface area (TPSA) is 79.0 Å². The van der Waals surface area contributed by atoms with Gasteiger partial charge in [0.15, 0.2) is 10.9 Å². The molecule has 0 saturated carbocycles. The first-order chi connectivity index (χ1) is 12.2. The molecule has 0 radical (unpaired) electrons. The van der Waals surface area contributed by atoms with Crippen LogP contribution in [0, 0.1) is 0 Å². The first-order valence-corrected chi connectivity index (χ1v) is 9.00. The number of aliphatic imine (C=N–C) groups is 1. The molecule has 0 unspecified atom stereocenters. The minimum absolute atomic E-state index is 0.233. The van der Waals surface area contributed by atoms with Crippen molar-refractivity contribution in [1.29, 1.82) is 0 Å². The minimum atomic E-state index is -0.371. The number of hydrogen-bond donors (Lipinski definition) is 2. The van der Waals surface area contributed by atoms with Gasteiger partial charge < -0.3 is 9.73 Å². The van der Waals surface area contributed by atoms with Crippen LogP contribution in [0.3, 0.4) is 0 Å². The number of rotatable bonds is 5. The monoisotopic (exact) mass is 356 g/mol. The Hall–Kier alpha value is -2.54. The van der Waals surface area contributed by atoms with Crippen molar-refractivity contribution in [2.24, 2.45) is 10.1 Å². The van der Waals surface area contributed by atoms with Crippen LogP contribution in [0.2, 0.25) is 0 Å². The van der Waals surface area contributed by atoms with Crippen molar-refractivity contribution in [2.75, 3.05) is 11.9 Å². The number of thioether (sulfide) groups is 1. The number of amides is 1. The Balaban J connectivity index is 1.58. The SMILES string of the molecule is CC[C@H]1CN=C(Nc2ccc(/C(C)=N\NC(=O)c3ccco3)cc2)S1. The molecule has 0 bridgehead atoms. The van der Waals surface area contributed by atoms with Gasteiger partial charge in [0.25, 0.3) is 0 Å². The van der Waals surface area contributed by atoms with Gasteiger partial charge in [-0.2, -0.15) is 5.10 Å². The number of nitrogens with one attached hydrogen (secondary N) is 2. The summed E-state index contributed by atoms with van der Waals surface area (Å²) in [4.78, 5) is 16.3. The highest BCUT2D eigenvalue weighted by Gasteiger charge is 2.17. The largest absolute Gasteiger partial charge is 0.459 e. The summed E-state index contributed by atoms with van der Waals surface area (Å²) >= 11 is 1.78. The number of hydrazone groups is 1. The van der Waals surface area contributed by atoms with E-state index >= 15 is 0 Å². The molecule has 2 aromatic rings. The van der Waals surface area contributed by atoms with Gasteiger partial charge in [0.1, 0.15) is 0 Å². The van der Waals surface area contributed by atoms with Crippen molar-refractivity contribution in [2.45, 2.75) is 25.5 Å². The predicted octanol–water partition coefficient (Wildman–Crippen LogP) is 3.73. The van der Waals surface area contributed by atoms with Gasteiger partial charge in [-0.05, 0) is 43.2 Å². The van der Waals surface area contributed by atoms with E-state index in [1.807, 2.05) is 31.2 Å². The fourth-order valence-corrected chi connectivity index (χ4v) is 3.24. The van der Waals surface area contributed by atoms with Gasteiger partial charge in [-0.25, -0.2) is 5.43 Å². The molecule has 1 aromatic carbocycles. The first kappa shape index (κ1) is 17.3. The Bertz CT molecular complexity index is 782. The second-order valence-electron chi connectivity index (χ2n) is 5.61. The van der Waals surface area contributed by atoms with Crippen LogP contribution in [0.1, 0.15) is 36.4 Å². The first-order valence-electron chi connectivity index (χ1n) is 8.12. The number of hydrogen-bond acceptors (Lipinski definition) is 6. The number of benzene rings is 1. The van der Waals surface area contributed by atoms with Gasteiger partial charge in [0, 0.05) is 10.9 Å². The normalized spacial score (nSPS) is 17.3. The lowest BCUT2D eigenvalue weighted by molar-refractivity contribution is 0.0927. The highest BCUT2D eigenvalue weighted by atomic mass is 32.2. The van der Waals surface area contributed by atoms with Gasteiger partial charge in [-0.1, -0.05) is 30.8 Å². The summed E-state index contributed by atoms with van der Waals surface area (Å²) in [5, 5.41) is 8.99. The molecule has 1 amide bonds. The molecule has 1 aromatic heterocycles. The summed E-state index contributed by atoms with van der Waals surface area (Å²) in [6.45, 7) is 4.90. The Labute approximate surface area is 150 Å². The lowest BCUT2D eigenvalue weighted by Crippen LogP contribution is -2.18. The maximum atomic E-state index is 11.8. The summed E-state index contributed by atoms with van der Waals surface area (Å²) in [7, 11) is 0. The van der Waals surface area contributed by atoms with Crippen LogP contribution in [0.25, 0.3) is 0 Å². The van der Waals surface area contributed by atoms with Crippen molar-refractivity contribution < 1.29 is 9.21 Å². The van der Waals surface area contributed by atoms with Crippen molar-refractivity contribution in [3.63, 3.8) is 0 Å². The third-order valence-corrected chi connectivity index (χ3v) is 5.07. The third-order valence-electron chi connectivity index (χ3n) is 3.80. The van der Waals surface area contributed by atoms with E-state index in [2.05, 4.69) is 27.8 Å². The number of amidine groups is 1. The van der Waals surface area contributed by atoms with Crippen LogP contribution in [0.4, 0.5) is 5.69 Å². The number of carbonyl (C=O) groups is 1. The average molecular weight is 356 g/mol. The van der Waals surface area contributed by atoms with Crippen LogP contribution in [0.5, 0.6) is 0 Å². The summed E-state index contributed by atoms with van der Waals surface area (Å²) in [5.74, 6) is -0.138. The Morgan fingerprint density at radius 2 is 2.16 bits per heavy atom. The van der Waals surface area contributed by atoms with Gasteiger partial charge in [-0.3, -0.25) is 9.79 Å². The van der Waals surface area contributed by atoms with E-state index in [0.717, 1.165) is 29.4 Å². The fraction of sp³-hybridized carbons (Fsp3) is 0.278. The molecular weight excluding hydrogens is 336 g/mol. The molecule has 7 heteroatoms. The second-order valence-corrected chi connectivity index (χ2v) is 6.90. The molecule has 2 heterocycles. The Morgan fingerprint density at radius 1 is 1.36 bits per heavy atom. The third kappa shape index (κ3) is 4.51. The second kappa shape index (κ2) is 8.02. The fourth-order valence-electron chi connectivity index (χ4n) is 2.28. The number of anilines is 1. The van der Waals surface area contributed by atoms with Crippen LogP contribution >= 0.6 is 11.8 Å². The molecule has 1 aliphatic rings. The smallest absolute Gasteiger partial charge is 0.307 e. The maximum absolute atomic E-state index is 11.8. The molecule has 0 spiro atoms. The van der Waals surface area contributed by atoms with Gasteiger partial charge in [0.05, 0.1) is 18.5 Å². The molecule has 2 N–H and O–H groups in total. The zero-order chi connectivity index (χ0) is 17.6. The predicted molar refractivity (Wildman–Crippen MR) is 102 cm³/mol. The summed E-state index contributed by atoms with van der Waals surface area (Å²) in [6.07, 6.45) is 2.57. The van der Waals surface area contributed by atoms with Gasteiger partial charge in [-0.15, -0.1) is 0 Å². The van der Waals surface area contributed by atoms with Crippen molar-refractivity contribution in [3.8, 4) is 0 Å². The summed E-state index contributed by atoms with van der Waals surface area (Å²) in [6, 6.07) is 11.1. The van der Waals surface area contributed by atoms with Crippen LogP contribution in [0.15, 0.2) is 57.2 Å². The van der Waals surface area contributed by atoms with Crippen LogP contribution in [-0.2, 0) is 0 Å². The number of carbonyl (C=O) groups excluding carboxylic acids is 1. The Morgan fingerprint density at radius 3 is 2.80 bits per heavy atom. The zero-order valence-electron chi connectivity index (χ0n) is 14.2. The molecule has 1 aliphatic heterocycles. The molecule has 0 aliphatic carbocycles. The standard InChI is InChI=1S/C18H20N4O2S/c1-3-15-11-19-18(25-15)20-14-8-6-13(7-9-14)12(2)21-22-17(23)16-5-4-10-24-16/h4-10,15H,3,11H2,1-2H3,(H,19,20)(H,22,23)/b21-12-/t15-/m0/s1. The lowest BCUT2D eigenvalue weighted by Gasteiger charge is -2.08. The summed E-state index contributed by atoms with van der Waals surface area (Å²) < 4.78 is 5.03. The Kier molecular flexibility index (Phi) is 5.55. The molecule has 0 saturated heterocycles. The molecule has 0 fully saturated rings. The highest BCUT2D eigenvalue weighted by Crippen LogP contribution is 2.24.